The van der Waals surface area contributed by atoms with Crippen LogP contribution < -0.4 is 11.4 Å². The Bertz CT molecular complexity index is 796. The molecule has 2 heterocycles. The number of fused-ring (bicyclic) bond motifs is 1. The van der Waals surface area contributed by atoms with Crippen LogP contribution in [0, 0.1) is 11.3 Å². The first-order chi connectivity index (χ1) is 9.69. The van der Waals surface area contributed by atoms with Gasteiger partial charge in [0.2, 0.25) is 0 Å². The molecule has 0 bridgehead atoms. The second-order valence-electron chi connectivity index (χ2n) is 4.50. The summed E-state index contributed by atoms with van der Waals surface area (Å²) in [6.45, 7) is 0.486. The van der Waals surface area contributed by atoms with Crippen LogP contribution in [0.25, 0.3) is 0 Å². The van der Waals surface area contributed by atoms with Crippen molar-refractivity contribution in [1.82, 2.24) is 4.98 Å². The zero-order valence-electron chi connectivity index (χ0n) is 10.4. The third kappa shape index (κ3) is 2.04. The zero-order chi connectivity index (χ0) is 14.1. The highest BCUT2D eigenvalue weighted by Gasteiger charge is 2.26. The third-order valence-electron chi connectivity index (χ3n) is 3.32. The van der Waals surface area contributed by atoms with Gasteiger partial charge >= 0.3 is 11.4 Å². The minimum Gasteiger partial charge on any atom is -0.375 e. The monoisotopic (exact) mass is 270 g/mol. The molecule has 0 saturated carbocycles. The quantitative estimate of drug-likeness (QED) is 0.829. The Kier molecular flexibility index (Phi) is 2.97. The molecule has 2 aromatic rings. The molecule has 0 radical (unpaired) electrons. The first-order valence-corrected chi connectivity index (χ1v) is 6.03. The van der Waals surface area contributed by atoms with Crippen molar-refractivity contribution in [1.29, 1.82) is 5.26 Å². The standard InChI is InChI=1S/C14H10N2O4/c15-5-8-1-3-9(4-2-8)10-6-19-7-11-12(10)16-14(18)20-13(11)17/h1-4,10H,6-7H2,(H,16,18). The smallest absolute Gasteiger partial charge is 0.375 e. The molecule has 0 fully saturated rings. The Balaban J connectivity index is 2.12. The van der Waals surface area contributed by atoms with E-state index in [4.69, 9.17) is 10.00 Å². The van der Waals surface area contributed by atoms with E-state index in [0.29, 0.717) is 23.4 Å². The average molecular weight is 270 g/mol. The van der Waals surface area contributed by atoms with Crippen LogP contribution in [0.3, 0.4) is 0 Å². The van der Waals surface area contributed by atoms with Crippen LogP contribution >= 0.6 is 0 Å². The van der Waals surface area contributed by atoms with Crippen LogP contribution in [0.1, 0.15) is 28.3 Å². The van der Waals surface area contributed by atoms with E-state index < -0.39 is 11.4 Å². The third-order valence-corrected chi connectivity index (χ3v) is 3.32. The lowest BCUT2D eigenvalue weighted by atomic mass is 9.91. The molecule has 1 N–H and O–H groups in total. The molecule has 1 aliphatic rings. The van der Waals surface area contributed by atoms with Gasteiger partial charge < -0.3 is 9.15 Å². The maximum atomic E-state index is 11.7. The Morgan fingerprint density at radius 1 is 1.25 bits per heavy atom. The van der Waals surface area contributed by atoms with Crippen LogP contribution in [0.15, 0.2) is 38.3 Å². The minimum atomic E-state index is -0.769. The lowest BCUT2D eigenvalue weighted by molar-refractivity contribution is 0.0929. The molecular weight excluding hydrogens is 260 g/mol. The second kappa shape index (κ2) is 4.79. The Morgan fingerprint density at radius 3 is 2.70 bits per heavy atom. The molecule has 1 aromatic heterocycles. The summed E-state index contributed by atoms with van der Waals surface area (Å²) in [5, 5.41) is 8.79. The highest BCUT2D eigenvalue weighted by atomic mass is 16.5. The van der Waals surface area contributed by atoms with Crippen molar-refractivity contribution in [3.63, 3.8) is 0 Å². The molecule has 6 nitrogen and oxygen atoms in total. The molecule has 100 valence electrons. The molecule has 0 spiro atoms. The molecule has 3 rings (SSSR count). The maximum Gasteiger partial charge on any atom is 0.419 e. The number of hydrogen-bond acceptors (Lipinski definition) is 5. The molecule has 0 saturated heterocycles. The van der Waals surface area contributed by atoms with E-state index in [0.717, 1.165) is 5.56 Å². The second-order valence-corrected chi connectivity index (χ2v) is 4.50. The SMILES string of the molecule is N#Cc1ccc(C2COCc3c2[nH]c(=O)oc3=O)cc1. The number of ether oxygens (including phenoxy) is 1. The van der Waals surface area contributed by atoms with Gasteiger partial charge in [-0.05, 0) is 17.7 Å². The van der Waals surface area contributed by atoms with Crippen molar-refractivity contribution in [2.24, 2.45) is 0 Å². The average Bonchev–Trinajstić information content (AvgIpc) is 2.47. The van der Waals surface area contributed by atoms with Gasteiger partial charge in [-0.1, -0.05) is 12.1 Å². The molecule has 1 atom stereocenters. The summed E-state index contributed by atoms with van der Waals surface area (Å²) >= 11 is 0. The van der Waals surface area contributed by atoms with Crippen LogP contribution in [0.2, 0.25) is 0 Å². The summed E-state index contributed by atoms with van der Waals surface area (Å²) in [6.07, 6.45) is 0. The zero-order valence-corrected chi connectivity index (χ0v) is 10.4. The lowest BCUT2D eigenvalue weighted by Crippen LogP contribution is -2.30. The van der Waals surface area contributed by atoms with Crippen LogP contribution in [-0.2, 0) is 11.3 Å². The topological polar surface area (TPSA) is 96.1 Å². The van der Waals surface area contributed by atoms with Gasteiger partial charge in [0.25, 0.3) is 0 Å². The van der Waals surface area contributed by atoms with Crippen molar-refractivity contribution < 1.29 is 9.15 Å². The largest absolute Gasteiger partial charge is 0.419 e. The van der Waals surface area contributed by atoms with Gasteiger partial charge in [0.15, 0.2) is 0 Å². The van der Waals surface area contributed by atoms with Crippen LogP contribution in [0.4, 0.5) is 0 Å². The van der Waals surface area contributed by atoms with E-state index >= 15 is 0 Å². The predicted octanol–water partition coefficient (Wildman–Crippen LogP) is 0.862. The first kappa shape index (κ1) is 12.4. The Morgan fingerprint density at radius 2 is 2.00 bits per heavy atom. The lowest BCUT2D eigenvalue weighted by Gasteiger charge is -2.24. The number of nitrogens with zero attached hydrogens (tertiary/aromatic N) is 1. The van der Waals surface area contributed by atoms with Crippen molar-refractivity contribution in [3.05, 3.63) is 67.6 Å². The summed E-state index contributed by atoms with van der Waals surface area (Å²) < 4.78 is 9.90. The van der Waals surface area contributed by atoms with E-state index in [2.05, 4.69) is 9.40 Å². The summed E-state index contributed by atoms with van der Waals surface area (Å²) in [7, 11) is 0. The minimum absolute atomic E-state index is 0.126. The van der Waals surface area contributed by atoms with Crippen molar-refractivity contribution in [2.75, 3.05) is 6.61 Å². The summed E-state index contributed by atoms with van der Waals surface area (Å²) in [4.78, 5) is 25.6. The summed E-state index contributed by atoms with van der Waals surface area (Å²) in [5.41, 5.74) is 1.62. The first-order valence-electron chi connectivity index (χ1n) is 6.03. The summed E-state index contributed by atoms with van der Waals surface area (Å²) in [6, 6.07) is 8.99. The van der Waals surface area contributed by atoms with Gasteiger partial charge in [-0.25, -0.2) is 9.59 Å². The van der Waals surface area contributed by atoms with E-state index in [1.165, 1.54) is 0 Å². The predicted molar refractivity (Wildman–Crippen MR) is 68.3 cm³/mol. The number of benzene rings is 1. The fourth-order valence-corrected chi connectivity index (χ4v) is 2.32. The maximum absolute atomic E-state index is 11.7. The van der Waals surface area contributed by atoms with Crippen molar-refractivity contribution in [3.8, 4) is 6.07 Å². The number of nitrogens with one attached hydrogen (secondary N) is 1. The molecule has 20 heavy (non-hydrogen) atoms. The molecule has 0 amide bonds. The molecular formula is C14H10N2O4. The van der Waals surface area contributed by atoms with E-state index in [1.54, 1.807) is 24.3 Å². The van der Waals surface area contributed by atoms with Gasteiger partial charge in [-0.2, -0.15) is 5.26 Å². The number of nitriles is 1. The number of H-pyrrole nitrogens is 1. The molecule has 6 heteroatoms. The number of aromatic amines is 1. The van der Waals surface area contributed by atoms with Gasteiger partial charge in [-0.3, -0.25) is 4.98 Å². The van der Waals surface area contributed by atoms with Crippen molar-refractivity contribution in [2.45, 2.75) is 12.5 Å². The molecule has 1 unspecified atom stereocenters. The van der Waals surface area contributed by atoms with Crippen LogP contribution in [-0.4, -0.2) is 11.6 Å². The van der Waals surface area contributed by atoms with Gasteiger partial charge in [-0.15, -0.1) is 0 Å². The Labute approximate surface area is 113 Å². The van der Waals surface area contributed by atoms with E-state index in [-0.39, 0.29) is 12.5 Å². The molecule has 0 aliphatic carbocycles. The number of hydrogen-bond donors (Lipinski definition) is 1. The van der Waals surface area contributed by atoms with Gasteiger partial charge in [0.05, 0.1) is 30.4 Å². The van der Waals surface area contributed by atoms with Crippen LogP contribution in [0.5, 0.6) is 0 Å². The molecule has 1 aromatic carbocycles. The molecule has 1 aliphatic heterocycles. The summed E-state index contributed by atoms with van der Waals surface area (Å²) in [5.74, 6) is -1.02. The van der Waals surface area contributed by atoms with Gasteiger partial charge in [0.1, 0.15) is 0 Å². The van der Waals surface area contributed by atoms with E-state index in [1.807, 2.05) is 6.07 Å². The van der Waals surface area contributed by atoms with Gasteiger partial charge in [0, 0.05) is 11.6 Å². The van der Waals surface area contributed by atoms with Crippen molar-refractivity contribution >= 4 is 0 Å². The fourth-order valence-electron chi connectivity index (χ4n) is 2.32. The Hall–Kier alpha value is -2.65. The number of aromatic nitrogens is 1. The highest BCUT2D eigenvalue weighted by Crippen LogP contribution is 2.28. The normalized spacial score (nSPS) is 17.2. The number of rotatable bonds is 1. The van der Waals surface area contributed by atoms with E-state index in [9.17, 15) is 9.59 Å². The fraction of sp³-hybridized carbons (Fsp3) is 0.214. The highest BCUT2D eigenvalue weighted by molar-refractivity contribution is 5.38.